The predicted octanol–water partition coefficient (Wildman–Crippen LogP) is 5.80. The molecular formula is C25H30NOP. The Labute approximate surface area is 170 Å². The second-order valence-corrected chi connectivity index (χ2v) is 8.95. The molecule has 3 aromatic carbocycles. The van der Waals surface area contributed by atoms with E-state index in [-0.39, 0.29) is 5.16 Å². The summed E-state index contributed by atoms with van der Waals surface area (Å²) in [5.41, 5.74) is 4.75. The van der Waals surface area contributed by atoms with E-state index in [1.165, 1.54) is 16.4 Å². The van der Waals surface area contributed by atoms with Gasteiger partial charge < -0.3 is 10.4 Å². The van der Waals surface area contributed by atoms with Crippen LogP contribution in [0.4, 0.5) is 0 Å². The van der Waals surface area contributed by atoms with E-state index in [2.05, 4.69) is 73.8 Å². The highest BCUT2D eigenvalue weighted by Crippen LogP contribution is 2.50. The van der Waals surface area contributed by atoms with Crippen LogP contribution >= 0.6 is 8.58 Å². The van der Waals surface area contributed by atoms with E-state index in [0.29, 0.717) is 14.3 Å². The Morgan fingerprint density at radius 2 is 1.54 bits per heavy atom. The summed E-state index contributed by atoms with van der Waals surface area (Å²) in [4.78, 5) is 0. The smallest absolute Gasteiger partial charge is 0.119 e. The van der Waals surface area contributed by atoms with Crippen LogP contribution < -0.4 is 10.6 Å². The van der Waals surface area contributed by atoms with Crippen molar-refractivity contribution < 1.29 is 5.11 Å². The molecule has 3 rings (SSSR count). The maximum atomic E-state index is 10.8. The van der Waals surface area contributed by atoms with E-state index in [0.717, 1.165) is 30.5 Å². The quantitative estimate of drug-likeness (QED) is 0.476. The van der Waals surface area contributed by atoms with Crippen LogP contribution in [0.2, 0.25) is 0 Å². The van der Waals surface area contributed by atoms with Gasteiger partial charge in [0.1, 0.15) is 5.75 Å². The SMILES string of the molecule is CCC(CC)(Pc1ccccc1CNC)c1cc(-c2ccccc2)ccc1O. The molecule has 1 unspecified atom stereocenters. The summed E-state index contributed by atoms with van der Waals surface area (Å²) >= 11 is 0. The summed E-state index contributed by atoms with van der Waals surface area (Å²) in [6, 6.07) is 25.2. The van der Waals surface area contributed by atoms with Gasteiger partial charge >= 0.3 is 0 Å². The van der Waals surface area contributed by atoms with Gasteiger partial charge in [0, 0.05) is 17.3 Å². The molecular weight excluding hydrogens is 361 g/mol. The Morgan fingerprint density at radius 1 is 0.857 bits per heavy atom. The number of rotatable bonds is 8. The Kier molecular flexibility index (Phi) is 6.88. The fourth-order valence-electron chi connectivity index (χ4n) is 3.85. The molecule has 28 heavy (non-hydrogen) atoms. The first-order valence-electron chi connectivity index (χ1n) is 10.0. The van der Waals surface area contributed by atoms with Gasteiger partial charge in [0.05, 0.1) is 0 Å². The van der Waals surface area contributed by atoms with Crippen molar-refractivity contribution in [3.8, 4) is 16.9 Å². The number of hydrogen-bond acceptors (Lipinski definition) is 2. The molecule has 3 aromatic rings. The molecule has 2 N–H and O–H groups in total. The molecule has 146 valence electrons. The molecule has 3 heteroatoms. The maximum absolute atomic E-state index is 10.8. The van der Waals surface area contributed by atoms with Crippen molar-refractivity contribution in [2.45, 2.75) is 38.4 Å². The van der Waals surface area contributed by atoms with Crippen molar-refractivity contribution in [3.63, 3.8) is 0 Å². The van der Waals surface area contributed by atoms with E-state index >= 15 is 0 Å². The molecule has 0 aliphatic heterocycles. The molecule has 0 saturated heterocycles. The monoisotopic (exact) mass is 391 g/mol. The standard InChI is InChI=1S/C25H30NOP/c1-4-25(5-2,28-24-14-10-9-13-21(24)18-26-3)22-17-20(15-16-23(22)27)19-11-7-6-8-12-19/h6-17,26-28H,4-5,18H2,1-3H3. The molecule has 0 radical (unpaired) electrons. The number of benzene rings is 3. The first kappa shape index (κ1) is 20.6. The van der Waals surface area contributed by atoms with Crippen molar-refractivity contribution in [1.82, 2.24) is 5.32 Å². The van der Waals surface area contributed by atoms with Gasteiger partial charge in [0.15, 0.2) is 0 Å². The minimum Gasteiger partial charge on any atom is -0.508 e. The first-order valence-corrected chi connectivity index (χ1v) is 11.0. The fourth-order valence-corrected chi connectivity index (χ4v) is 5.57. The van der Waals surface area contributed by atoms with Crippen LogP contribution in [0.5, 0.6) is 5.75 Å². The zero-order chi connectivity index (χ0) is 20.0. The Bertz CT molecular complexity index is 903. The van der Waals surface area contributed by atoms with E-state index in [1.807, 2.05) is 25.2 Å². The van der Waals surface area contributed by atoms with Gasteiger partial charge in [-0.2, -0.15) is 0 Å². The largest absolute Gasteiger partial charge is 0.508 e. The highest BCUT2D eigenvalue weighted by molar-refractivity contribution is 7.48. The van der Waals surface area contributed by atoms with Gasteiger partial charge in [0.25, 0.3) is 0 Å². The van der Waals surface area contributed by atoms with Crippen LogP contribution in [0, 0.1) is 0 Å². The lowest BCUT2D eigenvalue weighted by Gasteiger charge is -2.34. The molecule has 0 spiro atoms. The van der Waals surface area contributed by atoms with Crippen molar-refractivity contribution in [1.29, 1.82) is 0 Å². The first-order chi connectivity index (χ1) is 13.6. The molecule has 0 amide bonds. The molecule has 0 bridgehead atoms. The molecule has 0 saturated carbocycles. The molecule has 0 aromatic heterocycles. The summed E-state index contributed by atoms with van der Waals surface area (Å²) in [6.45, 7) is 5.35. The second-order valence-electron chi connectivity index (χ2n) is 7.20. The molecule has 0 fully saturated rings. The van der Waals surface area contributed by atoms with Crippen molar-refractivity contribution >= 4 is 13.9 Å². The van der Waals surface area contributed by atoms with Gasteiger partial charge in [-0.15, -0.1) is 0 Å². The maximum Gasteiger partial charge on any atom is 0.119 e. The number of hydrogen-bond donors (Lipinski definition) is 2. The number of phenolic OH excluding ortho intramolecular Hbond substituents is 1. The third-order valence-electron chi connectivity index (χ3n) is 5.58. The van der Waals surface area contributed by atoms with Crippen LogP contribution in [0.3, 0.4) is 0 Å². The van der Waals surface area contributed by atoms with Crippen molar-refractivity contribution in [2.24, 2.45) is 0 Å². The van der Waals surface area contributed by atoms with Gasteiger partial charge in [0.2, 0.25) is 0 Å². The van der Waals surface area contributed by atoms with Crippen LogP contribution in [-0.4, -0.2) is 12.2 Å². The van der Waals surface area contributed by atoms with Gasteiger partial charge in [-0.1, -0.05) is 83.1 Å². The Balaban J connectivity index is 2.07. The minimum absolute atomic E-state index is 0.0707. The predicted molar refractivity (Wildman–Crippen MR) is 123 cm³/mol. The lowest BCUT2D eigenvalue weighted by Crippen LogP contribution is -2.24. The molecule has 1 atom stereocenters. The van der Waals surface area contributed by atoms with Crippen LogP contribution in [0.25, 0.3) is 11.1 Å². The van der Waals surface area contributed by atoms with Crippen molar-refractivity contribution in [3.05, 3.63) is 83.9 Å². The second kappa shape index (κ2) is 9.37. The fraction of sp³-hybridized carbons (Fsp3) is 0.280. The van der Waals surface area contributed by atoms with E-state index in [1.54, 1.807) is 0 Å². The average Bonchev–Trinajstić information content (AvgIpc) is 2.75. The summed E-state index contributed by atoms with van der Waals surface area (Å²) in [5, 5.41) is 15.4. The Hall–Kier alpha value is -2.15. The number of nitrogens with one attached hydrogen (secondary N) is 1. The third-order valence-corrected chi connectivity index (χ3v) is 7.80. The van der Waals surface area contributed by atoms with Gasteiger partial charge in [-0.3, -0.25) is 0 Å². The van der Waals surface area contributed by atoms with Crippen LogP contribution in [0.1, 0.15) is 37.8 Å². The highest BCUT2D eigenvalue weighted by Gasteiger charge is 2.32. The average molecular weight is 391 g/mol. The normalized spacial score (nSPS) is 12.0. The lowest BCUT2D eigenvalue weighted by molar-refractivity contribution is 0.448. The lowest BCUT2D eigenvalue weighted by atomic mass is 9.89. The molecule has 2 nitrogen and oxygen atoms in total. The zero-order valence-electron chi connectivity index (χ0n) is 17.0. The van der Waals surface area contributed by atoms with Crippen LogP contribution in [-0.2, 0) is 11.7 Å². The molecule has 0 aliphatic carbocycles. The summed E-state index contributed by atoms with van der Waals surface area (Å²) < 4.78 is 0. The Morgan fingerprint density at radius 3 is 2.21 bits per heavy atom. The summed E-state index contributed by atoms with van der Waals surface area (Å²) in [6.07, 6.45) is 1.98. The van der Waals surface area contributed by atoms with Crippen LogP contribution in [0.15, 0.2) is 72.8 Å². The van der Waals surface area contributed by atoms with E-state index < -0.39 is 0 Å². The third kappa shape index (κ3) is 4.29. The number of phenols is 1. The topological polar surface area (TPSA) is 32.3 Å². The minimum atomic E-state index is -0.0707. The van der Waals surface area contributed by atoms with Crippen molar-refractivity contribution in [2.75, 3.05) is 7.05 Å². The molecule has 0 aliphatic rings. The van der Waals surface area contributed by atoms with E-state index in [9.17, 15) is 5.11 Å². The summed E-state index contributed by atoms with van der Waals surface area (Å²) in [7, 11) is 2.59. The highest BCUT2D eigenvalue weighted by atomic mass is 31.1. The van der Waals surface area contributed by atoms with E-state index in [4.69, 9.17) is 0 Å². The summed E-state index contributed by atoms with van der Waals surface area (Å²) in [5.74, 6) is 0.405. The zero-order valence-corrected chi connectivity index (χ0v) is 18.0. The van der Waals surface area contributed by atoms with Gasteiger partial charge in [-0.05, 0) is 54.0 Å². The van der Waals surface area contributed by atoms with Gasteiger partial charge in [-0.25, -0.2) is 0 Å². The number of aromatic hydroxyl groups is 1. The molecule has 0 heterocycles.